The van der Waals surface area contributed by atoms with Crippen molar-refractivity contribution in [3.63, 3.8) is 0 Å². The molecule has 0 nitrogen and oxygen atoms in total. The summed E-state index contributed by atoms with van der Waals surface area (Å²) < 4.78 is 0. The third-order valence-corrected chi connectivity index (χ3v) is 4.50. The Morgan fingerprint density at radius 3 is 2.50 bits per heavy atom. The number of alkyl halides is 1. The second-order valence-corrected chi connectivity index (χ2v) is 6.21. The summed E-state index contributed by atoms with van der Waals surface area (Å²) in [5, 5.41) is 2.76. The smallest absolute Gasteiger partial charge is 0.0593 e. The third-order valence-electron chi connectivity index (χ3n) is 4.06. The second-order valence-electron chi connectivity index (χ2n) is 5.69. The molecule has 0 aliphatic rings. The van der Waals surface area contributed by atoms with Gasteiger partial charge >= 0.3 is 0 Å². The van der Waals surface area contributed by atoms with E-state index in [1.165, 1.54) is 54.0 Å². The number of rotatable bonds is 7. The minimum atomic E-state index is 0.141. The van der Waals surface area contributed by atoms with E-state index in [0.29, 0.717) is 0 Å². The van der Waals surface area contributed by atoms with E-state index in [0.717, 1.165) is 6.42 Å². The molecular weight excluding hydrogens is 264 g/mol. The Kier molecular flexibility index (Phi) is 5.91. The quantitative estimate of drug-likeness (QED) is 0.389. The van der Waals surface area contributed by atoms with Gasteiger partial charge in [-0.05, 0) is 35.2 Å². The number of benzene rings is 2. The lowest BCUT2D eigenvalue weighted by Crippen LogP contribution is -1.96. The van der Waals surface area contributed by atoms with E-state index in [1.807, 2.05) is 0 Å². The van der Waals surface area contributed by atoms with Crippen LogP contribution in [0, 0.1) is 6.92 Å². The van der Waals surface area contributed by atoms with Gasteiger partial charge in [0.15, 0.2) is 0 Å². The number of halogens is 1. The Morgan fingerprint density at radius 2 is 1.70 bits per heavy atom. The molecule has 1 unspecified atom stereocenters. The van der Waals surface area contributed by atoms with Gasteiger partial charge in [-0.1, -0.05) is 75.4 Å². The Balaban J connectivity index is 2.09. The first-order valence-electron chi connectivity index (χ1n) is 7.86. The fraction of sp³-hybridized carbons (Fsp3) is 0.474. The molecule has 0 aliphatic heterocycles. The summed E-state index contributed by atoms with van der Waals surface area (Å²) in [6.07, 6.45) is 7.61. The average Bonchev–Trinajstić information content (AvgIpc) is 2.46. The molecule has 2 rings (SSSR count). The van der Waals surface area contributed by atoms with Crippen molar-refractivity contribution in [1.29, 1.82) is 0 Å². The number of hydrogen-bond donors (Lipinski definition) is 0. The van der Waals surface area contributed by atoms with E-state index in [-0.39, 0.29) is 5.38 Å². The lowest BCUT2D eigenvalue weighted by atomic mass is 9.94. The highest BCUT2D eigenvalue weighted by molar-refractivity contribution is 6.22. The zero-order valence-electron chi connectivity index (χ0n) is 12.7. The van der Waals surface area contributed by atoms with Crippen molar-refractivity contribution in [3.8, 4) is 0 Å². The Labute approximate surface area is 128 Å². The highest BCUT2D eigenvalue weighted by Gasteiger charge is 2.13. The molecule has 2 aromatic rings. The molecule has 0 saturated carbocycles. The van der Waals surface area contributed by atoms with Crippen molar-refractivity contribution in [3.05, 3.63) is 47.5 Å². The van der Waals surface area contributed by atoms with E-state index in [9.17, 15) is 0 Å². The van der Waals surface area contributed by atoms with Gasteiger partial charge in [-0.25, -0.2) is 0 Å². The van der Waals surface area contributed by atoms with Crippen LogP contribution in [0.1, 0.15) is 62.0 Å². The average molecular weight is 289 g/mol. The van der Waals surface area contributed by atoms with Crippen molar-refractivity contribution in [2.24, 2.45) is 0 Å². The molecule has 1 heteroatoms. The predicted octanol–water partition coefficient (Wildman–Crippen LogP) is 6.79. The number of unbranched alkanes of at least 4 members (excludes halogenated alkanes) is 4. The fourth-order valence-corrected chi connectivity index (χ4v) is 3.34. The van der Waals surface area contributed by atoms with Gasteiger partial charge in [-0.3, -0.25) is 0 Å². The van der Waals surface area contributed by atoms with Gasteiger partial charge in [0, 0.05) is 0 Å². The van der Waals surface area contributed by atoms with Crippen molar-refractivity contribution in [2.45, 2.75) is 57.7 Å². The standard InChI is InChI=1S/C19H25Cl/c1-3-4-5-6-7-12-18(20)19-15(2)13-14-16-10-8-9-11-17(16)19/h8-11,13-14,18H,3-7,12H2,1-2H3. The predicted molar refractivity (Wildman–Crippen MR) is 90.7 cm³/mol. The Hall–Kier alpha value is -1.01. The Bertz CT molecular complexity index is 544. The molecule has 0 heterocycles. The van der Waals surface area contributed by atoms with Crippen LogP contribution in [0.25, 0.3) is 10.8 Å². The number of fused-ring (bicyclic) bond motifs is 1. The summed E-state index contributed by atoms with van der Waals surface area (Å²) in [5.74, 6) is 0. The molecule has 0 spiro atoms. The van der Waals surface area contributed by atoms with E-state index < -0.39 is 0 Å². The second kappa shape index (κ2) is 7.69. The van der Waals surface area contributed by atoms with E-state index >= 15 is 0 Å². The lowest BCUT2D eigenvalue weighted by molar-refractivity contribution is 0.601. The lowest BCUT2D eigenvalue weighted by Gasteiger charge is -2.16. The maximum atomic E-state index is 6.70. The molecule has 0 amide bonds. The van der Waals surface area contributed by atoms with Crippen LogP contribution in [0.2, 0.25) is 0 Å². The number of aryl methyl sites for hydroxylation is 1. The molecular formula is C19H25Cl. The van der Waals surface area contributed by atoms with Crippen LogP contribution in [0.4, 0.5) is 0 Å². The maximum Gasteiger partial charge on any atom is 0.0593 e. The summed E-state index contributed by atoms with van der Waals surface area (Å²) in [6, 6.07) is 13.0. The molecule has 0 bridgehead atoms. The van der Waals surface area contributed by atoms with Gasteiger partial charge in [0.1, 0.15) is 0 Å². The highest BCUT2D eigenvalue weighted by Crippen LogP contribution is 2.34. The van der Waals surface area contributed by atoms with Crippen LogP contribution in [-0.4, -0.2) is 0 Å². The molecule has 1 atom stereocenters. The van der Waals surface area contributed by atoms with Gasteiger partial charge in [0.2, 0.25) is 0 Å². The van der Waals surface area contributed by atoms with Crippen molar-refractivity contribution in [1.82, 2.24) is 0 Å². The first-order valence-corrected chi connectivity index (χ1v) is 8.30. The first-order chi connectivity index (χ1) is 9.74. The molecule has 0 aliphatic carbocycles. The van der Waals surface area contributed by atoms with Gasteiger partial charge in [-0.2, -0.15) is 0 Å². The topological polar surface area (TPSA) is 0 Å². The van der Waals surface area contributed by atoms with E-state index in [4.69, 9.17) is 11.6 Å². The fourth-order valence-electron chi connectivity index (χ4n) is 2.89. The molecule has 108 valence electrons. The maximum absolute atomic E-state index is 6.70. The molecule has 2 aromatic carbocycles. The van der Waals surface area contributed by atoms with Gasteiger partial charge in [-0.15, -0.1) is 11.6 Å². The van der Waals surface area contributed by atoms with E-state index in [1.54, 1.807) is 0 Å². The first kappa shape index (κ1) is 15.4. The molecule has 20 heavy (non-hydrogen) atoms. The molecule has 0 N–H and O–H groups in total. The molecule has 0 aromatic heterocycles. The zero-order chi connectivity index (χ0) is 14.4. The normalized spacial score (nSPS) is 12.8. The highest BCUT2D eigenvalue weighted by atomic mass is 35.5. The molecule has 0 saturated heterocycles. The van der Waals surface area contributed by atoms with Crippen LogP contribution >= 0.6 is 11.6 Å². The minimum Gasteiger partial charge on any atom is -0.118 e. The van der Waals surface area contributed by atoms with Crippen molar-refractivity contribution >= 4 is 22.4 Å². The largest absolute Gasteiger partial charge is 0.118 e. The molecule has 0 fully saturated rings. The summed E-state index contributed by atoms with van der Waals surface area (Å²) in [4.78, 5) is 0. The van der Waals surface area contributed by atoms with Gasteiger partial charge < -0.3 is 0 Å². The van der Waals surface area contributed by atoms with Crippen molar-refractivity contribution in [2.75, 3.05) is 0 Å². The van der Waals surface area contributed by atoms with Crippen LogP contribution in [0.3, 0.4) is 0 Å². The molecule has 0 radical (unpaired) electrons. The van der Waals surface area contributed by atoms with E-state index in [2.05, 4.69) is 50.2 Å². The number of hydrogen-bond acceptors (Lipinski definition) is 0. The van der Waals surface area contributed by atoms with Crippen LogP contribution in [0.5, 0.6) is 0 Å². The summed E-state index contributed by atoms with van der Waals surface area (Å²) in [6.45, 7) is 4.43. The van der Waals surface area contributed by atoms with Crippen molar-refractivity contribution < 1.29 is 0 Å². The van der Waals surface area contributed by atoms with Crippen LogP contribution < -0.4 is 0 Å². The van der Waals surface area contributed by atoms with Gasteiger partial charge in [0.25, 0.3) is 0 Å². The monoisotopic (exact) mass is 288 g/mol. The third kappa shape index (κ3) is 3.76. The summed E-state index contributed by atoms with van der Waals surface area (Å²) in [7, 11) is 0. The minimum absolute atomic E-state index is 0.141. The van der Waals surface area contributed by atoms with Gasteiger partial charge in [0.05, 0.1) is 5.38 Å². The zero-order valence-corrected chi connectivity index (χ0v) is 13.4. The summed E-state index contributed by atoms with van der Waals surface area (Å²) in [5.41, 5.74) is 2.65. The van der Waals surface area contributed by atoms with Crippen LogP contribution in [0.15, 0.2) is 36.4 Å². The summed E-state index contributed by atoms with van der Waals surface area (Å²) >= 11 is 6.70. The van der Waals surface area contributed by atoms with Crippen LogP contribution in [-0.2, 0) is 0 Å². The SMILES string of the molecule is CCCCCCCC(Cl)c1c(C)ccc2ccccc12. The Morgan fingerprint density at radius 1 is 0.950 bits per heavy atom.